The molecule has 1 saturated heterocycles. The van der Waals surface area contributed by atoms with Crippen molar-refractivity contribution in [3.63, 3.8) is 0 Å². The van der Waals surface area contributed by atoms with Crippen LogP contribution in [0.4, 0.5) is 0 Å². The van der Waals surface area contributed by atoms with Gasteiger partial charge in [-0.05, 0) is 62.6 Å². The SMILES string of the molecule is C=CCCCCCCCCC(=O)N1CCC(c2cn(C)c3ccc(C)cc23)CC1. The molecule has 0 atom stereocenters. The van der Waals surface area contributed by atoms with Gasteiger partial charge in [0, 0.05) is 43.7 Å². The van der Waals surface area contributed by atoms with Gasteiger partial charge in [0.25, 0.3) is 0 Å². The lowest BCUT2D eigenvalue weighted by Gasteiger charge is -2.32. The number of rotatable bonds is 10. The van der Waals surface area contributed by atoms with Gasteiger partial charge in [-0.3, -0.25) is 4.79 Å². The second-order valence-electron chi connectivity index (χ2n) is 8.82. The summed E-state index contributed by atoms with van der Waals surface area (Å²) in [5.41, 5.74) is 4.10. The Bertz CT molecular complexity index is 811. The molecule has 1 aliphatic rings. The van der Waals surface area contributed by atoms with Gasteiger partial charge in [-0.15, -0.1) is 6.58 Å². The quantitative estimate of drug-likeness (QED) is 0.333. The number of benzene rings is 1. The van der Waals surface area contributed by atoms with E-state index >= 15 is 0 Å². The molecule has 0 spiro atoms. The fraction of sp³-hybridized carbons (Fsp3) is 0.577. The number of nitrogens with zero attached hydrogens (tertiary/aromatic N) is 2. The third-order valence-electron chi connectivity index (χ3n) is 6.51. The van der Waals surface area contributed by atoms with E-state index in [4.69, 9.17) is 0 Å². The summed E-state index contributed by atoms with van der Waals surface area (Å²) in [6.45, 7) is 7.75. The summed E-state index contributed by atoms with van der Waals surface area (Å²) in [7, 11) is 2.14. The van der Waals surface area contributed by atoms with Crippen LogP contribution in [0.1, 0.15) is 81.3 Å². The molecule has 158 valence electrons. The third kappa shape index (κ3) is 5.74. The Kier molecular flexibility index (Phi) is 7.97. The van der Waals surface area contributed by atoms with E-state index in [1.807, 2.05) is 6.08 Å². The zero-order valence-corrected chi connectivity index (χ0v) is 18.5. The molecule has 2 heterocycles. The highest BCUT2D eigenvalue weighted by Gasteiger charge is 2.25. The highest BCUT2D eigenvalue weighted by atomic mass is 16.2. The minimum Gasteiger partial charge on any atom is -0.350 e. The van der Waals surface area contributed by atoms with E-state index < -0.39 is 0 Å². The fourth-order valence-corrected chi connectivity index (χ4v) is 4.73. The highest BCUT2D eigenvalue weighted by molar-refractivity contribution is 5.85. The molecule has 1 aliphatic heterocycles. The van der Waals surface area contributed by atoms with Crippen molar-refractivity contribution in [2.75, 3.05) is 13.1 Å². The summed E-state index contributed by atoms with van der Waals surface area (Å²) in [6.07, 6.45) is 15.7. The van der Waals surface area contributed by atoms with Crippen molar-refractivity contribution in [1.29, 1.82) is 0 Å². The summed E-state index contributed by atoms with van der Waals surface area (Å²) in [5.74, 6) is 0.934. The molecule has 0 unspecified atom stereocenters. The van der Waals surface area contributed by atoms with Crippen LogP contribution in [0, 0.1) is 6.92 Å². The van der Waals surface area contributed by atoms with Gasteiger partial charge in [-0.1, -0.05) is 43.4 Å². The molecule has 29 heavy (non-hydrogen) atoms. The first kappa shape index (κ1) is 21.7. The molecule has 1 fully saturated rings. The predicted octanol–water partition coefficient (Wildman–Crippen LogP) is 6.50. The van der Waals surface area contributed by atoms with Crippen molar-refractivity contribution in [3.8, 4) is 0 Å². The molecule has 2 aromatic rings. The van der Waals surface area contributed by atoms with Gasteiger partial charge in [0.05, 0.1) is 0 Å². The molecular formula is C26H38N2O. The molecule has 3 heteroatoms. The monoisotopic (exact) mass is 394 g/mol. The van der Waals surface area contributed by atoms with E-state index in [0.29, 0.717) is 11.8 Å². The number of allylic oxidation sites excluding steroid dienone is 1. The van der Waals surface area contributed by atoms with E-state index in [1.165, 1.54) is 54.1 Å². The summed E-state index contributed by atoms with van der Waals surface area (Å²) in [6, 6.07) is 6.74. The smallest absolute Gasteiger partial charge is 0.222 e. The van der Waals surface area contributed by atoms with Crippen LogP contribution in [0.25, 0.3) is 10.9 Å². The highest BCUT2D eigenvalue weighted by Crippen LogP contribution is 2.34. The fourth-order valence-electron chi connectivity index (χ4n) is 4.73. The Morgan fingerprint density at radius 3 is 2.52 bits per heavy atom. The van der Waals surface area contributed by atoms with E-state index in [9.17, 15) is 4.79 Å². The number of hydrogen-bond donors (Lipinski definition) is 0. The molecule has 0 bridgehead atoms. The Hall–Kier alpha value is -2.03. The zero-order valence-electron chi connectivity index (χ0n) is 18.5. The first-order valence-electron chi connectivity index (χ1n) is 11.5. The van der Waals surface area contributed by atoms with E-state index in [2.05, 4.69) is 54.4 Å². The lowest BCUT2D eigenvalue weighted by atomic mass is 9.88. The van der Waals surface area contributed by atoms with Crippen LogP contribution < -0.4 is 0 Å². The van der Waals surface area contributed by atoms with Gasteiger partial charge in [-0.25, -0.2) is 0 Å². The summed E-state index contributed by atoms with van der Waals surface area (Å²) in [5, 5.41) is 1.39. The van der Waals surface area contributed by atoms with Crippen LogP contribution in [0.2, 0.25) is 0 Å². The number of carbonyl (C=O) groups is 1. The minimum absolute atomic E-state index is 0.365. The molecule has 1 aromatic heterocycles. The van der Waals surface area contributed by atoms with Gasteiger partial charge < -0.3 is 9.47 Å². The van der Waals surface area contributed by atoms with Gasteiger partial charge in [0.15, 0.2) is 0 Å². The number of unbranched alkanes of at least 4 members (excludes halogenated alkanes) is 6. The number of likely N-dealkylation sites (tertiary alicyclic amines) is 1. The van der Waals surface area contributed by atoms with Gasteiger partial charge in [-0.2, -0.15) is 0 Å². The Labute approximate surface area is 176 Å². The maximum atomic E-state index is 12.6. The van der Waals surface area contributed by atoms with Crippen LogP contribution >= 0.6 is 0 Å². The Morgan fingerprint density at radius 2 is 1.79 bits per heavy atom. The average Bonchev–Trinajstić information content (AvgIpc) is 3.05. The second kappa shape index (κ2) is 10.7. The van der Waals surface area contributed by atoms with Gasteiger partial charge >= 0.3 is 0 Å². The lowest BCUT2D eigenvalue weighted by molar-refractivity contribution is -0.132. The number of carbonyl (C=O) groups excluding carboxylic acids is 1. The zero-order chi connectivity index (χ0) is 20.6. The van der Waals surface area contributed by atoms with Crippen LogP contribution in [0.3, 0.4) is 0 Å². The maximum absolute atomic E-state index is 12.6. The average molecular weight is 395 g/mol. The van der Waals surface area contributed by atoms with Gasteiger partial charge in [0.1, 0.15) is 0 Å². The Morgan fingerprint density at radius 1 is 1.10 bits per heavy atom. The van der Waals surface area contributed by atoms with Crippen molar-refractivity contribution in [2.24, 2.45) is 7.05 Å². The van der Waals surface area contributed by atoms with E-state index in [0.717, 1.165) is 45.2 Å². The van der Waals surface area contributed by atoms with Crippen molar-refractivity contribution in [3.05, 3.63) is 48.2 Å². The number of hydrogen-bond acceptors (Lipinski definition) is 1. The van der Waals surface area contributed by atoms with Crippen molar-refractivity contribution >= 4 is 16.8 Å². The normalized spacial score (nSPS) is 15.2. The summed E-state index contributed by atoms with van der Waals surface area (Å²) < 4.78 is 2.25. The minimum atomic E-state index is 0.365. The van der Waals surface area contributed by atoms with Crippen molar-refractivity contribution < 1.29 is 4.79 Å². The number of aryl methyl sites for hydroxylation is 2. The van der Waals surface area contributed by atoms with Crippen LogP contribution in [-0.4, -0.2) is 28.5 Å². The largest absolute Gasteiger partial charge is 0.350 e. The number of amides is 1. The number of aromatic nitrogens is 1. The number of fused-ring (bicyclic) bond motifs is 1. The molecule has 3 rings (SSSR count). The van der Waals surface area contributed by atoms with E-state index in [-0.39, 0.29) is 0 Å². The molecule has 0 aliphatic carbocycles. The lowest BCUT2D eigenvalue weighted by Crippen LogP contribution is -2.37. The van der Waals surface area contributed by atoms with Crippen LogP contribution in [-0.2, 0) is 11.8 Å². The topological polar surface area (TPSA) is 25.2 Å². The van der Waals surface area contributed by atoms with Gasteiger partial charge in [0.2, 0.25) is 5.91 Å². The van der Waals surface area contributed by atoms with Crippen molar-refractivity contribution in [1.82, 2.24) is 9.47 Å². The molecule has 0 saturated carbocycles. The summed E-state index contributed by atoms with van der Waals surface area (Å²) in [4.78, 5) is 14.7. The molecule has 1 amide bonds. The van der Waals surface area contributed by atoms with Crippen LogP contribution in [0.5, 0.6) is 0 Å². The Balaban J connectivity index is 1.42. The van der Waals surface area contributed by atoms with E-state index in [1.54, 1.807) is 0 Å². The van der Waals surface area contributed by atoms with Crippen molar-refractivity contribution in [2.45, 2.75) is 77.0 Å². The molecule has 0 radical (unpaired) electrons. The standard InChI is InChI=1S/C26H38N2O/c1-4-5-6-7-8-9-10-11-12-26(29)28-17-15-22(16-18-28)24-20-27(3)25-14-13-21(2)19-23(24)25/h4,13-14,19-20,22H,1,5-12,15-18H2,2-3H3. The molecule has 0 N–H and O–H groups in total. The molecule has 3 nitrogen and oxygen atoms in total. The third-order valence-corrected chi connectivity index (χ3v) is 6.51. The maximum Gasteiger partial charge on any atom is 0.222 e. The van der Waals surface area contributed by atoms with Crippen LogP contribution in [0.15, 0.2) is 37.1 Å². The first-order valence-corrected chi connectivity index (χ1v) is 11.5. The molecule has 1 aromatic carbocycles. The first-order chi connectivity index (χ1) is 14.1. The molecular weight excluding hydrogens is 356 g/mol. The predicted molar refractivity (Wildman–Crippen MR) is 123 cm³/mol. The number of piperidine rings is 1. The second-order valence-corrected chi connectivity index (χ2v) is 8.82. The summed E-state index contributed by atoms with van der Waals surface area (Å²) >= 11 is 0.